The lowest BCUT2D eigenvalue weighted by Crippen LogP contribution is -2.18. The second-order valence-corrected chi connectivity index (χ2v) is 6.65. The number of fused-ring (bicyclic) bond motifs is 3. The van der Waals surface area contributed by atoms with Crippen molar-refractivity contribution in [3.63, 3.8) is 0 Å². The molecular weight excluding hydrogens is 380 g/mol. The van der Waals surface area contributed by atoms with Gasteiger partial charge in [-0.3, -0.25) is 5.32 Å². The van der Waals surface area contributed by atoms with Crippen LogP contribution >= 0.6 is 11.6 Å². The van der Waals surface area contributed by atoms with Gasteiger partial charge >= 0.3 is 12.1 Å². The average Bonchev–Trinajstić information content (AvgIpc) is 3.00. The number of carboxylic acids is 1. The van der Waals surface area contributed by atoms with E-state index in [1.165, 1.54) is 12.1 Å². The monoisotopic (exact) mass is 394 g/mol. The summed E-state index contributed by atoms with van der Waals surface area (Å²) in [5.41, 5.74) is 4.38. The SMILES string of the molecule is O=C(Nc1ccc(C(=O)O)c(Cl)n1)OCC1c2ccccc2-c2ccccc21. The number of hydrogen-bond acceptors (Lipinski definition) is 4. The summed E-state index contributed by atoms with van der Waals surface area (Å²) in [5, 5.41) is 11.2. The van der Waals surface area contributed by atoms with Crippen molar-refractivity contribution in [2.75, 3.05) is 11.9 Å². The molecule has 0 unspecified atom stereocenters. The standard InChI is InChI=1S/C21H15ClN2O4/c22-19-16(20(25)26)9-10-18(23-19)24-21(27)28-11-17-14-7-3-1-5-12(14)13-6-2-4-8-15(13)17/h1-10,17H,11H2,(H,25,26)(H,23,24,27). The fraction of sp³-hybridized carbons (Fsp3) is 0.0952. The van der Waals surface area contributed by atoms with Crippen LogP contribution in [0, 0.1) is 0 Å². The summed E-state index contributed by atoms with van der Waals surface area (Å²) >= 11 is 5.82. The number of anilines is 1. The van der Waals surface area contributed by atoms with E-state index in [0.29, 0.717) is 0 Å². The molecule has 0 saturated carbocycles. The molecule has 1 aliphatic rings. The molecule has 1 heterocycles. The molecule has 0 aliphatic heterocycles. The van der Waals surface area contributed by atoms with Crippen LogP contribution in [0.5, 0.6) is 0 Å². The molecule has 4 rings (SSSR count). The number of aromatic nitrogens is 1. The number of hydrogen-bond donors (Lipinski definition) is 2. The van der Waals surface area contributed by atoms with E-state index in [1.54, 1.807) is 0 Å². The Morgan fingerprint density at radius 3 is 2.18 bits per heavy atom. The van der Waals surface area contributed by atoms with E-state index in [2.05, 4.69) is 22.4 Å². The minimum atomic E-state index is -1.19. The van der Waals surface area contributed by atoms with Crippen molar-refractivity contribution >= 4 is 29.5 Å². The normalized spacial score (nSPS) is 12.2. The molecule has 0 fully saturated rings. The van der Waals surface area contributed by atoms with Crippen LogP contribution in [0.4, 0.5) is 10.6 Å². The van der Waals surface area contributed by atoms with Crippen molar-refractivity contribution in [3.8, 4) is 11.1 Å². The van der Waals surface area contributed by atoms with E-state index in [0.717, 1.165) is 22.3 Å². The molecule has 0 saturated heterocycles. The predicted octanol–water partition coefficient (Wildman–Crippen LogP) is 4.79. The number of amides is 1. The van der Waals surface area contributed by atoms with Gasteiger partial charge in [0.05, 0.1) is 5.56 Å². The topological polar surface area (TPSA) is 88.5 Å². The predicted molar refractivity (Wildman–Crippen MR) is 105 cm³/mol. The second kappa shape index (κ2) is 7.32. The number of nitrogens with one attached hydrogen (secondary N) is 1. The molecule has 7 heteroatoms. The lowest BCUT2D eigenvalue weighted by molar-refractivity contribution is 0.0696. The van der Waals surface area contributed by atoms with Crippen LogP contribution in [0.1, 0.15) is 27.4 Å². The van der Waals surface area contributed by atoms with Crippen molar-refractivity contribution in [3.05, 3.63) is 82.5 Å². The number of aromatic carboxylic acids is 1. The van der Waals surface area contributed by atoms with Crippen LogP contribution in [0.25, 0.3) is 11.1 Å². The van der Waals surface area contributed by atoms with E-state index >= 15 is 0 Å². The van der Waals surface area contributed by atoms with Crippen LogP contribution < -0.4 is 5.32 Å². The van der Waals surface area contributed by atoms with Crippen LogP contribution in [-0.2, 0) is 4.74 Å². The molecule has 0 atom stereocenters. The smallest absolute Gasteiger partial charge is 0.412 e. The number of pyridine rings is 1. The highest BCUT2D eigenvalue weighted by atomic mass is 35.5. The Labute approximate surface area is 165 Å². The first-order chi connectivity index (χ1) is 13.5. The number of rotatable bonds is 4. The Morgan fingerprint density at radius 1 is 1.00 bits per heavy atom. The number of carbonyl (C=O) groups excluding carboxylic acids is 1. The van der Waals surface area contributed by atoms with Gasteiger partial charge in [0.15, 0.2) is 0 Å². The number of benzene rings is 2. The first kappa shape index (κ1) is 18.0. The van der Waals surface area contributed by atoms with Crippen LogP contribution in [0.15, 0.2) is 60.7 Å². The van der Waals surface area contributed by atoms with Gasteiger partial charge < -0.3 is 9.84 Å². The highest BCUT2D eigenvalue weighted by molar-refractivity contribution is 6.32. The number of carbonyl (C=O) groups is 2. The molecule has 1 amide bonds. The maximum Gasteiger partial charge on any atom is 0.412 e. The summed E-state index contributed by atoms with van der Waals surface area (Å²) in [7, 11) is 0. The summed E-state index contributed by atoms with van der Waals surface area (Å²) in [6.45, 7) is 0.167. The van der Waals surface area contributed by atoms with Crippen molar-refractivity contribution < 1.29 is 19.4 Å². The van der Waals surface area contributed by atoms with Crippen molar-refractivity contribution in [1.82, 2.24) is 4.98 Å². The average molecular weight is 395 g/mol. The Bertz CT molecular complexity index is 1040. The van der Waals surface area contributed by atoms with E-state index in [4.69, 9.17) is 21.4 Å². The minimum absolute atomic E-state index is 0.0518. The lowest BCUT2D eigenvalue weighted by Gasteiger charge is -2.14. The van der Waals surface area contributed by atoms with Gasteiger partial charge in [-0.15, -0.1) is 0 Å². The van der Waals surface area contributed by atoms with Crippen molar-refractivity contribution in [1.29, 1.82) is 0 Å². The minimum Gasteiger partial charge on any atom is -0.478 e. The van der Waals surface area contributed by atoms with Crippen molar-refractivity contribution in [2.45, 2.75) is 5.92 Å². The Balaban J connectivity index is 1.47. The second-order valence-electron chi connectivity index (χ2n) is 6.29. The summed E-state index contributed by atoms with van der Waals surface area (Å²) in [6, 6.07) is 18.7. The van der Waals surface area contributed by atoms with E-state index in [-0.39, 0.29) is 29.1 Å². The first-order valence-corrected chi connectivity index (χ1v) is 8.94. The van der Waals surface area contributed by atoms with Gasteiger partial charge in [0.1, 0.15) is 17.6 Å². The third-order valence-corrected chi connectivity index (χ3v) is 4.94. The van der Waals surface area contributed by atoms with Crippen LogP contribution in [0.3, 0.4) is 0 Å². The number of carboxylic acid groups (broad SMARTS) is 1. The number of nitrogens with zero attached hydrogens (tertiary/aromatic N) is 1. The quantitative estimate of drug-likeness (QED) is 0.621. The molecule has 1 aliphatic carbocycles. The summed E-state index contributed by atoms with van der Waals surface area (Å²) in [4.78, 5) is 27.0. The maximum absolute atomic E-state index is 12.2. The zero-order chi connectivity index (χ0) is 19.7. The molecule has 2 N–H and O–H groups in total. The number of halogens is 1. The molecule has 140 valence electrons. The molecule has 0 spiro atoms. The third-order valence-electron chi connectivity index (χ3n) is 4.65. The van der Waals surface area contributed by atoms with Crippen LogP contribution in [0.2, 0.25) is 5.15 Å². The Kier molecular flexibility index (Phi) is 4.71. The summed E-state index contributed by atoms with van der Waals surface area (Å²) in [6.07, 6.45) is -0.687. The molecule has 1 aromatic heterocycles. The van der Waals surface area contributed by atoms with Gasteiger partial charge in [0.2, 0.25) is 0 Å². The molecule has 0 radical (unpaired) electrons. The van der Waals surface area contributed by atoms with Crippen LogP contribution in [-0.4, -0.2) is 28.8 Å². The summed E-state index contributed by atoms with van der Waals surface area (Å²) in [5.74, 6) is -1.12. The fourth-order valence-electron chi connectivity index (χ4n) is 3.40. The highest BCUT2D eigenvalue weighted by Gasteiger charge is 2.29. The number of ether oxygens (including phenoxy) is 1. The van der Waals surface area contributed by atoms with Gasteiger partial charge in [-0.25, -0.2) is 14.6 Å². The van der Waals surface area contributed by atoms with Gasteiger partial charge in [-0.2, -0.15) is 0 Å². The zero-order valence-corrected chi connectivity index (χ0v) is 15.3. The van der Waals surface area contributed by atoms with Gasteiger partial charge in [0, 0.05) is 5.92 Å². The Hall–Kier alpha value is -3.38. The van der Waals surface area contributed by atoms with E-state index in [1.807, 2.05) is 36.4 Å². The fourth-order valence-corrected chi connectivity index (χ4v) is 3.64. The molecule has 2 aromatic carbocycles. The van der Waals surface area contributed by atoms with E-state index < -0.39 is 12.1 Å². The molecule has 0 bridgehead atoms. The lowest BCUT2D eigenvalue weighted by atomic mass is 9.98. The zero-order valence-electron chi connectivity index (χ0n) is 14.6. The highest BCUT2D eigenvalue weighted by Crippen LogP contribution is 2.44. The van der Waals surface area contributed by atoms with Crippen molar-refractivity contribution in [2.24, 2.45) is 0 Å². The molecule has 6 nitrogen and oxygen atoms in total. The van der Waals surface area contributed by atoms with Gasteiger partial charge in [-0.05, 0) is 34.4 Å². The molecule has 28 heavy (non-hydrogen) atoms. The third kappa shape index (κ3) is 3.30. The van der Waals surface area contributed by atoms with Gasteiger partial charge in [0.25, 0.3) is 0 Å². The van der Waals surface area contributed by atoms with E-state index in [9.17, 15) is 9.59 Å². The molecule has 3 aromatic rings. The Morgan fingerprint density at radius 2 is 1.61 bits per heavy atom. The maximum atomic E-state index is 12.2. The summed E-state index contributed by atoms with van der Waals surface area (Å²) < 4.78 is 5.41. The largest absolute Gasteiger partial charge is 0.478 e. The molecular formula is C21H15ClN2O4. The first-order valence-electron chi connectivity index (χ1n) is 8.56. The van der Waals surface area contributed by atoms with Gasteiger partial charge in [-0.1, -0.05) is 60.1 Å².